The number of nitrogens with one attached hydrogen (secondary N) is 1. The molecule has 0 radical (unpaired) electrons. The Bertz CT molecular complexity index is 607. The molecule has 1 heterocycles. The molecule has 1 aromatic carbocycles. The van der Waals surface area contributed by atoms with E-state index in [0.29, 0.717) is 5.92 Å². The lowest BCUT2D eigenvalue weighted by atomic mass is 9.78. The second-order valence-electron chi connectivity index (χ2n) is 8.14. The van der Waals surface area contributed by atoms with E-state index < -0.39 is 0 Å². The Hall–Kier alpha value is -0.820. The van der Waals surface area contributed by atoms with Crippen LogP contribution in [0.25, 0.3) is 0 Å². The summed E-state index contributed by atoms with van der Waals surface area (Å²) in [6.07, 6.45) is 6.29. The first-order chi connectivity index (χ1) is 12.6. The standard InChI is InChI=1S/C22H35N3O.HI/c1-4-23-21(25(3)15-19-10-13-26-16-19)24-17-22(11-5-6-12-22)20-9-7-8-18(2)14-20;/h7-9,14,19H,4-6,10-13,15-17H2,1-3H3,(H,23,24);1H. The predicted octanol–water partition coefficient (Wildman–Crippen LogP) is 4.36. The largest absolute Gasteiger partial charge is 0.381 e. The zero-order valence-corrected chi connectivity index (χ0v) is 19.5. The van der Waals surface area contributed by atoms with Gasteiger partial charge in [-0.3, -0.25) is 4.99 Å². The molecule has 152 valence electrons. The number of nitrogens with zero attached hydrogens (tertiary/aromatic N) is 2. The molecule has 5 heteroatoms. The van der Waals surface area contributed by atoms with Crippen LogP contribution in [0.15, 0.2) is 29.3 Å². The van der Waals surface area contributed by atoms with Gasteiger partial charge >= 0.3 is 0 Å². The maximum absolute atomic E-state index is 5.54. The molecule has 0 aromatic heterocycles. The summed E-state index contributed by atoms with van der Waals surface area (Å²) < 4.78 is 5.54. The van der Waals surface area contributed by atoms with E-state index in [1.807, 2.05) is 0 Å². The third-order valence-corrected chi connectivity index (χ3v) is 5.98. The van der Waals surface area contributed by atoms with Gasteiger partial charge in [-0.2, -0.15) is 0 Å². The highest BCUT2D eigenvalue weighted by Crippen LogP contribution is 2.41. The van der Waals surface area contributed by atoms with Crippen LogP contribution in [0.5, 0.6) is 0 Å². The predicted molar refractivity (Wildman–Crippen MR) is 124 cm³/mol. The summed E-state index contributed by atoms with van der Waals surface area (Å²) in [6, 6.07) is 9.07. The molecule has 1 saturated heterocycles. The number of hydrogen-bond donors (Lipinski definition) is 1. The number of guanidine groups is 1. The van der Waals surface area contributed by atoms with Crippen molar-refractivity contribution in [2.24, 2.45) is 10.9 Å². The molecule has 1 atom stereocenters. The number of rotatable bonds is 6. The van der Waals surface area contributed by atoms with E-state index in [1.165, 1.54) is 36.8 Å². The molecule has 4 nitrogen and oxygen atoms in total. The van der Waals surface area contributed by atoms with Gasteiger partial charge in [0.1, 0.15) is 0 Å². The van der Waals surface area contributed by atoms with E-state index in [1.54, 1.807) is 0 Å². The van der Waals surface area contributed by atoms with Crippen LogP contribution in [0.4, 0.5) is 0 Å². The fourth-order valence-corrected chi connectivity index (χ4v) is 4.46. The monoisotopic (exact) mass is 485 g/mol. The Morgan fingerprint density at radius 1 is 1.33 bits per heavy atom. The van der Waals surface area contributed by atoms with Crippen molar-refractivity contribution in [2.75, 3.05) is 39.9 Å². The van der Waals surface area contributed by atoms with Crippen LogP contribution in [0, 0.1) is 12.8 Å². The third kappa shape index (κ3) is 5.83. The summed E-state index contributed by atoms with van der Waals surface area (Å²) in [6.45, 7) is 8.93. The highest BCUT2D eigenvalue weighted by molar-refractivity contribution is 14.0. The van der Waals surface area contributed by atoms with Gasteiger partial charge in [0.2, 0.25) is 0 Å². The zero-order valence-electron chi connectivity index (χ0n) is 17.2. The molecule has 1 N–H and O–H groups in total. The van der Waals surface area contributed by atoms with Crippen LogP contribution in [0.2, 0.25) is 0 Å². The molecule has 1 aliphatic carbocycles. The lowest BCUT2D eigenvalue weighted by Crippen LogP contribution is -2.42. The molecular weight excluding hydrogens is 449 g/mol. The summed E-state index contributed by atoms with van der Waals surface area (Å²) >= 11 is 0. The minimum atomic E-state index is 0. The smallest absolute Gasteiger partial charge is 0.193 e. The highest BCUT2D eigenvalue weighted by Gasteiger charge is 2.35. The molecule has 1 aromatic rings. The van der Waals surface area contributed by atoms with Crippen molar-refractivity contribution in [1.29, 1.82) is 0 Å². The van der Waals surface area contributed by atoms with Crippen LogP contribution in [0.1, 0.15) is 50.2 Å². The van der Waals surface area contributed by atoms with Gasteiger partial charge in [-0.15, -0.1) is 24.0 Å². The van der Waals surface area contributed by atoms with Crippen molar-refractivity contribution in [3.05, 3.63) is 35.4 Å². The molecule has 2 fully saturated rings. The topological polar surface area (TPSA) is 36.9 Å². The summed E-state index contributed by atoms with van der Waals surface area (Å²) in [5.74, 6) is 1.67. The van der Waals surface area contributed by atoms with Crippen molar-refractivity contribution in [2.45, 2.75) is 51.4 Å². The van der Waals surface area contributed by atoms with E-state index in [0.717, 1.165) is 45.2 Å². The lowest BCUT2D eigenvalue weighted by Gasteiger charge is -2.30. The SMILES string of the molecule is CCNC(=NCC1(c2cccc(C)c2)CCCC1)N(C)CC1CCOC1.I. The van der Waals surface area contributed by atoms with Gasteiger partial charge in [-0.25, -0.2) is 0 Å². The number of halogens is 1. The van der Waals surface area contributed by atoms with Gasteiger partial charge < -0.3 is 15.0 Å². The minimum absolute atomic E-state index is 0. The van der Waals surface area contributed by atoms with Crippen molar-refractivity contribution in [3.63, 3.8) is 0 Å². The van der Waals surface area contributed by atoms with Crippen LogP contribution >= 0.6 is 24.0 Å². The third-order valence-electron chi connectivity index (χ3n) is 5.98. The number of aryl methyl sites for hydroxylation is 1. The Kier molecular flexibility index (Phi) is 8.86. The van der Waals surface area contributed by atoms with Crippen molar-refractivity contribution < 1.29 is 4.74 Å². The molecular formula is C22H36IN3O. The summed E-state index contributed by atoms with van der Waals surface area (Å²) in [4.78, 5) is 7.40. The van der Waals surface area contributed by atoms with E-state index >= 15 is 0 Å². The molecule has 0 spiro atoms. The number of aliphatic imine (C=N–C) groups is 1. The molecule has 0 bridgehead atoms. The number of hydrogen-bond acceptors (Lipinski definition) is 2. The van der Waals surface area contributed by atoms with E-state index in [-0.39, 0.29) is 29.4 Å². The zero-order chi connectivity index (χ0) is 18.4. The first-order valence-corrected chi connectivity index (χ1v) is 10.3. The van der Waals surface area contributed by atoms with E-state index in [9.17, 15) is 0 Å². The average Bonchev–Trinajstić information content (AvgIpc) is 3.31. The number of benzene rings is 1. The number of ether oxygens (including phenoxy) is 1. The van der Waals surface area contributed by atoms with Crippen LogP contribution in [-0.4, -0.2) is 50.8 Å². The van der Waals surface area contributed by atoms with Gasteiger partial charge in [0, 0.05) is 38.1 Å². The average molecular weight is 485 g/mol. The summed E-state index contributed by atoms with van der Waals surface area (Å²) in [5, 5.41) is 3.50. The van der Waals surface area contributed by atoms with Crippen molar-refractivity contribution >= 4 is 29.9 Å². The van der Waals surface area contributed by atoms with Crippen molar-refractivity contribution in [3.8, 4) is 0 Å². The Morgan fingerprint density at radius 3 is 2.74 bits per heavy atom. The van der Waals surface area contributed by atoms with Crippen molar-refractivity contribution in [1.82, 2.24) is 10.2 Å². The maximum Gasteiger partial charge on any atom is 0.193 e. The Balaban J connectivity index is 0.00000261. The molecule has 1 aliphatic heterocycles. The van der Waals surface area contributed by atoms with Gasteiger partial charge in [-0.1, -0.05) is 42.7 Å². The first-order valence-electron chi connectivity index (χ1n) is 10.3. The molecule has 1 unspecified atom stereocenters. The van der Waals surface area contributed by atoms with Gasteiger partial charge in [-0.05, 0) is 38.7 Å². The highest BCUT2D eigenvalue weighted by atomic mass is 127. The Labute approximate surface area is 182 Å². The second kappa shape index (κ2) is 10.6. The quantitative estimate of drug-likeness (QED) is 0.370. The summed E-state index contributed by atoms with van der Waals surface area (Å²) in [7, 11) is 2.16. The normalized spacial score (nSPS) is 21.7. The van der Waals surface area contributed by atoms with Crippen LogP contribution in [0.3, 0.4) is 0 Å². The van der Waals surface area contributed by atoms with Gasteiger partial charge in [0.25, 0.3) is 0 Å². The van der Waals surface area contributed by atoms with Gasteiger partial charge in [0.05, 0.1) is 13.2 Å². The summed E-state index contributed by atoms with van der Waals surface area (Å²) in [5.41, 5.74) is 3.04. The molecule has 2 aliphatic rings. The molecule has 3 rings (SSSR count). The fraction of sp³-hybridized carbons (Fsp3) is 0.682. The van der Waals surface area contributed by atoms with E-state index in [4.69, 9.17) is 9.73 Å². The van der Waals surface area contributed by atoms with E-state index in [2.05, 4.69) is 55.4 Å². The molecule has 0 amide bonds. The maximum atomic E-state index is 5.54. The van der Waals surface area contributed by atoms with Gasteiger partial charge in [0.15, 0.2) is 5.96 Å². The van der Waals surface area contributed by atoms with Crippen LogP contribution < -0.4 is 5.32 Å². The molecule has 27 heavy (non-hydrogen) atoms. The lowest BCUT2D eigenvalue weighted by molar-refractivity contribution is 0.181. The molecule has 1 saturated carbocycles. The minimum Gasteiger partial charge on any atom is -0.381 e. The second-order valence-corrected chi connectivity index (χ2v) is 8.14. The first kappa shape index (κ1) is 22.5. The van der Waals surface area contributed by atoms with Crippen LogP contribution in [-0.2, 0) is 10.2 Å². The Morgan fingerprint density at radius 2 is 2.11 bits per heavy atom. The fourth-order valence-electron chi connectivity index (χ4n) is 4.46.